The molecular formula is C39H46N4O3. The van der Waals surface area contributed by atoms with E-state index in [1.54, 1.807) is 0 Å². The Bertz CT molecular complexity index is 1710. The highest BCUT2D eigenvalue weighted by Gasteiger charge is 2.34. The number of likely N-dealkylation sites (tertiary alicyclic amines) is 2. The molecule has 2 N–H and O–H groups in total. The highest BCUT2D eigenvalue weighted by Crippen LogP contribution is 2.40. The molecule has 3 aliphatic heterocycles. The molecule has 0 radical (unpaired) electrons. The van der Waals surface area contributed by atoms with Crippen LogP contribution in [0, 0.1) is 19.8 Å². The van der Waals surface area contributed by atoms with Crippen LogP contribution in [0.15, 0.2) is 42.5 Å². The van der Waals surface area contributed by atoms with Crippen LogP contribution in [-0.4, -0.2) is 64.6 Å². The number of fused-ring (bicyclic) bond motifs is 2. The maximum atomic E-state index is 13.9. The van der Waals surface area contributed by atoms with Crippen molar-refractivity contribution in [1.29, 1.82) is 0 Å². The lowest BCUT2D eigenvalue weighted by Gasteiger charge is -2.28. The minimum absolute atomic E-state index is 0.0806. The van der Waals surface area contributed by atoms with Crippen LogP contribution >= 0.6 is 0 Å². The molecule has 3 aromatic rings. The molecule has 1 aliphatic carbocycles. The average molecular weight is 619 g/mol. The quantitative estimate of drug-likeness (QED) is 0.197. The summed E-state index contributed by atoms with van der Waals surface area (Å²) in [7, 11) is 0. The number of carbonyl (C=O) groups excluding carboxylic acids is 3. The van der Waals surface area contributed by atoms with Crippen molar-refractivity contribution in [3.05, 3.63) is 87.2 Å². The summed E-state index contributed by atoms with van der Waals surface area (Å²) < 4.78 is 0. The molecule has 2 saturated heterocycles. The minimum atomic E-state index is -0.196. The summed E-state index contributed by atoms with van der Waals surface area (Å²) in [6, 6.07) is 14.5. The predicted octanol–water partition coefficient (Wildman–Crippen LogP) is 7.15. The fourth-order valence-electron chi connectivity index (χ4n) is 8.47. The molecule has 0 bridgehead atoms. The van der Waals surface area contributed by atoms with Gasteiger partial charge in [-0.3, -0.25) is 14.4 Å². The smallest absolute Gasteiger partial charge is 0.256 e. The molecule has 7 rings (SSSR count). The van der Waals surface area contributed by atoms with Crippen LogP contribution in [0.5, 0.6) is 0 Å². The second kappa shape index (κ2) is 12.7. The van der Waals surface area contributed by atoms with Gasteiger partial charge in [-0.25, -0.2) is 0 Å². The molecule has 2 amide bonds. The van der Waals surface area contributed by atoms with Crippen LogP contribution in [-0.2, 0) is 11.2 Å². The number of nitrogens with zero attached hydrogens (tertiary/aromatic N) is 2. The molecule has 0 saturated carbocycles. The molecule has 46 heavy (non-hydrogen) atoms. The maximum absolute atomic E-state index is 13.9. The van der Waals surface area contributed by atoms with E-state index in [1.807, 2.05) is 38.1 Å². The molecule has 7 heteroatoms. The summed E-state index contributed by atoms with van der Waals surface area (Å²) in [6.45, 7) is 10.2. The summed E-state index contributed by atoms with van der Waals surface area (Å²) in [5, 5.41) is 2.97. The van der Waals surface area contributed by atoms with Crippen LogP contribution in [0.3, 0.4) is 0 Å². The molecule has 7 nitrogen and oxygen atoms in total. The van der Waals surface area contributed by atoms with E-state index < -0.39 is 0 Å². The Balaban J connectivity index is 1.07. The number of aromatic nitrogens is 1. The lowest BCUT2D eigenvalue weighted by molar-refractivity contribution is -0.110. The van der Waals surface area contributed by atoms with E-state index in [0.717, 1.165) is 80.8 Å². The van der Waals surface area contributed by atoms with Gasteiger partial charge in [-0.1, -0.05) is 31.2 Å². The van der Waals surface area contributed by atoms with E-state index in [1.165, 1.54) is 24.0 Å². The summed E-state index contributed by atoms with van der Waals surface area (Å²) in [6.07, 6.45) is 10.0. The largest absolute Gasteiger partial charge is 0.358 e. The highest BCUT2D eigenvalue weighted by atomic mass is 16.2. The van der Waals surface area contributed by atoms with E-state index in [-0.39, 0.29) is 23.6 Å². The third kappa shape index (κ3) is 5.74. The predicted molar refractivity (Wildman–Crippen MR) is 183 cm³/mol. The Morgan fingerprint density at radius 1 is 1.02 bits per heavy atom. The van der Waals surface area contributed by atoms with Crippen LogP contribution in [0.1, 0.15) is 112 Å². The van der Waals surface area contributed by atoms with Crippen LogP contribution in [0.2, 0.25) is 0 Å². The second-order valence-corrected chi connectivity index (χ2v) is 14.0. The molecule has 3 unspecified atom stereocenters. The van der Waals surface area contributed by atoms with Gasteiger partial charge in [0.2, 0.25) is 0 Å². The first-order valence-electron chi connectivity index (χ1n) is 17.3. The zero-order valence-corrected chi connectivity index (χ0v) is 27.5. The monoisotopic (exact) mass is 618 g/mol. The van der Waals surface area contributed by atoms with E-state index >= 15 is 0 Å². The number of carbonyl (C=O) groups is 3. The molecule has 4 aliphatic rings. The lowest BCUT2D eigenvalue weighted by atomic mass is 9.84. The Morgan fingerprint density at radius 3 is 2.65 bits per heavy atom. The van der Waals surface area contributed by atoms with Gasteiger partial charge < -0.3 is 20.1 Å². The van der Waals surface area contributed by atoms with Crippen LogP contribution < -0.4 is 5.32 Å². The van der Waals surface area contributed by atoms with Gasteiger partial charge in [0.05, 0.1) is 11.1 Å². The topological polar surface area (TPSA) is 85.5 Å². The SMILES string of the molecule is Cc1[nH]c(C=C2C(=O)Nc3ccc(C(=O)CCC(C)C4CCc5ccccc54)cc32)c(C)c1C(=O)N1CCCC1CN1CCCC1. The fraction of sp³-hybridized carbons (Fsp3) is 0.462. The molecule has 2 fully saturated rings. The molecule has 4 heterocycles. The molecular weight excluding hydrogens is 572 g/mol. The fourth-order valence-corrected chi connectivity index (χ4v) is 8.47. The first-order valence-corrected chi connectivity index (χ1v) is 17.3. The average Bonchev–Trinajstić information content (AvgIpc) is 3.89. The summed E-state index contributed by atoms with van der Waals surface area (Å²) >= 11 is 0. The van der Waals surface area contributed by atoms with Crippen molar-refractivity contribution in [3.63, 3.8) is 0 Å². The van der Waals surface area contributed by atoms with E-state index in [2.05, 4.69) is 51.3 Å². The number of anilines is 1. The van der Waals surface area contributed by atoms with Crippen molar-refractivity contribution in [2.45, 2.75) is 84.1 Å². The van der Waals surface area contributed by atoms with Gasteiger partial charge in [0.15, 0.2) is 5.78 Å². The number of nitrogens with one attached hydrogen (secondary N) is 2. The van der Waals surface area contributed by atoms with Gasteiger partial charge in [-0.15, -0.1) is 0 Å². The van der Waals surface area contributed by atoms with Gasteiger partial charge in [0.1, 0.15) is 0 Å². The zero-order valence-electron chi connectivity index (χ0n) is 27.5. The number of amides is 2. The van der Waals surface area contributed by atoms with Crippen molar-refractivity contribution in [2.24, 2.45) is 5.92 Å². The van der Waals surface area contributed by atoms with Gasteiger partial charge in [-0.05, 0) is 125 Å². The lowest BCUT2D eigenvalue weighted by Crippen LogP contribution is -2.42. The van der Waals surface area contributed by atoms with Crippen molar-refractivity contribution < 1.29 is 14.4 Å². The van der Waals surface area contributed by atoms with Crippen molar-refractivity contribution in [3.8, 4) is 0 Å². The normalized spacial score (nSPS) is 22.4. The van der Waals surface area contributed by atoms with Gasteiger partial charge in [-0.2, -0.15) is 0 Å². The number of ketones is 1. The number of rotatable bonds is 9. The summed E-state index contributed by atoms with van der Waals surface area (Å²) in [5.41, 5.74) is 8.63. The number of H-pyrrole nitrogens is 1. The van der Waals surface area contributed by atoms with Crippen molar-refractivity contribution in [1.82, 2.24) is 14.8 Å². The minimum Gasteiger partial charge on any atom is -0.358 e. The van der Waals surface area contributed by atoms with Crippen molar-refractivity contribution in [2.75, 3.05) is 31.5 Å². The first kappa shape index (κ1) is 30.7. The third-order valence-corrected chi connectivity index (χ3v) is 11.1. The first-order chi connectivity index (χ1) is 22.3. The summed E-state index contributed by atoms with van der Waals surface area (Å²) in [5.74, 6) is 0.919. The number of hydrogen-bond acceptors (Lipinski definition) is 4. The number of hydrogen-bond donors (Lipinski definition) is 2. The number of Topliss-reactive ketones (excluding diaryl/α,β-unsaturated/α-hetero) is 1. The second-order valence-electron chi connectivity index (χ2n) is 14.0. The Morgan fingerprint density at radius 2 is 1.83 bits per heavy atom. The highest BCUT2D eigenvalue weighted by molar-refractivity contribution is 6.35. The van der Waals surface area contributed by atoms with Gasteiger partial charge in [0.25, 0.3) is 11.8 Å². The van der Waals surface area contributed by atoms with E-state index in [4.69, 9.17) is 0 Å². The molecule has 2 aromatic carbocycles. The Hall–Kier alpha value is -3.97. The molecule has 1 aromatic heterocycles. The standard InChI is InChI=1S/C39H46N4O3/c1-24(30-15-13-27-9-4-5-11-31(27)30)12-17-36(44)28-14-16-34-32(21-28)33(38(45)41-34)22-35-25(2)37(26(3)40-35)39(46)43-20-8-10-29(43)23-42-18-6-7-19-42/h4-5,9,11,14,16,21-22,24,29-30,40H,6-8,10,12-13,15,17-20,23H2,1-3H3,(H,41,45). The maximum Gasteiger partial charge on any atom is 0.256 e. The molecule has 240 valence electrons. The Labute approximate surface area is 272 Å². The van der Waals surface area contributed by atoms with E-state index in [9.17, 15) is 14.4 Å². The van der Waals surface area contributed by atoms with E-state index in [0.29, 0.717) is 40.6 Å². The number of aromatic amines is 1. The zero-order chi connectivity index (χ0) is 31.9. The van der Waals surface area contributed by atoms with Crippen molar-refractivity contribution >= 4 is 34.9 Å². The molecule has 0 spiro atoms. The number of aryl methyl sites for hydroxylation is 2. The number of benzene rings is 2. The summed E-state index contributed by atoms with van der Waals surface area (Å²) in [4.78, 5) is 48.5. The third-order valence-electron chi connectivity index (χ3n) is 11.1. The molecule has 3 atom stereocenters. The Kier molecular flexibility index (Phi) is 8.45. The van der Waals surface area contributed by atoms with Gasteiger partial charge >= 0.3 is 0 Å². The van der Waals surface area contributed by atoms with Crippen LogP contribution in [0.4, 0.5) is 5.69 Å². The van der Waals surface area contributed by atoms with Gasteiger partial charge in [0, 0.05) is 53.8 Å². The van der Waals surface area contributed by atoms with Crippen LogP contribution in [0.25, 0.3) is 11.6 Å².